The lowest BCUT2D eigenvalue weighted by molar-refractivity contribution is 0.374. The Morgan fingerprint density at radius 1 is 1.29 bits per heavy atom. The van der Waals surface area contributed by atoms with E-state index in [9.17, 15) is 9.90 Å². The van der Waals surface area contributed by atoms with Crippen LogP contribution in [-0.4, -0.2) is 22.2 Å². The van der Waals surface area contributed by atoms with Crippen LogP contribution in [0.15, 0.2) is 45.7 Å². The highest BCUT2D eigenvalue weighted by atomic mass is 79.9. The maximum Gasteiger partial charge on any atom is 0.259 e. The summed E-state index contributed by atoms with van der Waals surface area (Å²) in [6.45, 7) is 0. The fraction of sp³-hybridized carbons (Fsp3) is 0.0667. The van der Waals surface area contributed by atoms with E-state index in [1.54, 1.807) is 36.4 Å². The first-order chi connectivity index (χ1) is 10.1. The predicted octanol–water partition coefficient (Wildman–Crippen LogP) is 3.07. The Morgan fingerprint density at radius 2 is 2.05 bits per heavy atom. The number of fused-ring (bicyclic) bond motifs is 1. The van der Waals surface area contributed by atoms with E-state index in [4.69, 9.17) is 4.74 Å². The summed E-state index contributed by atoms with van der Waals surface area (Å²) in [4.78, 5) is 19.2. The number of aromatic hydroxyl groups is 1. The van der Waals surface area contributed by atoms with Crippen LogP contribution < -0.4 is 10.3 Å². The summed E-state index contributed by atoms with van der Waals surface area (Å²) >= 11 is 3.34. The first-order valence-electron chi connectivity index (χ1n) is 6.16. The van der Waals surface area contributed by atoms with Crippen LogP contribution in [0.4, 0.5) is 0 Å². The fourth-order valence-corrected chi connectivity index (χ4v) is 2.56. The fourth-order valence-electron chi connectivity index (χ4n) is 2.12. The van der Waals surface area contributed by atoms with Gasteiger partial charge in [0.1, 0.15) is 5.82 Å². The summed E-state index contributed by atoms with van der Waals surface area (Å²) in [5.74, 6) is 0.519. The zero-order valence-electron chi connectivity index (χ0n) is 11.1. The minimum Gasteiger partial charge on any atom is -0.504 e. The molecule has 0 aliphatic carbocycles. The van der Waals surface area contributed by atoms with Crippen LogP contribution in [0.1, 0.15) is 0 Å². The predicted molar refractivity (Wildman–Crippen MR) is 83.7 cm³/mol. The molecule has 2 aromatic carbocycles. The quantitative estimate of drug-likeness (QED) is 0.747. The molecule has 5 nitrogen and oxygen atoms in total. The van der Waals surface area contributed by atoms with E-state index in [-0.39, 0.29) is 17.1 Å². The third kappa shape index (κ3) is 2.38. The molecule has 0 unspecified atom stereocenters. The molecule has 0 bridgehead atoms. The first-order valence-corrected chi connectivity index (χ1v) is 6.95. The van der Waals surface area contributed by atoms with Crippen molar-refractivity contribution < 1.29 is 9.84 Å². The molecule has 0 aliphatic heterocycles. The van der Waals surface area contributed by atoms with Gasteiger partial charge in [0.05, 0.1) is 23.6 Å². The molecule has 0 atom stereocenters. The molecule has 0 saturated heterocycles. The molecule has 6 heteroatoms. The van der Waals surface area contributed by atoms with Crippen molar-refractivity contribution in [3.63, 3.8) is 0 Å². The van der Waals surface area contributed by atoms with Crippen LogP contribution in [0, 0.1) is 0 Å². The molecule has 0 amide bonds. The van der Waals surface area contributed by atoms with E-state index in [1.165, 1.54) is 7.11 Å². The number of nitrogens with one attached hydrogen (secondary N) is 1. The smallest absolute Gasteiger partial charge is 0.259 e. The summed E-state index contributed by atoms with van der Waals surface area (Å²) in [6.07, 6.45) is 0. The van der Waals surface area contributed by atoms with Crippen LogP contribution in [0.25, 0.3) is 22.3 Å². The highest BCUT2D eigenvalue weighted by Gasteiger charge is 2.14. The Bertz CT molecular complexity index is 890. The maximum absolute atomic E-state index is 12.1. The van der Waals surface area contributed by atoms with E-state index < -0.39 is 0 Å². The number of methoxy groups -OCH3 is 1. The highest BCUT2D eigenvalue weighted by Crippen LogP contribution is 2.38. The number of nitrogens with zero attached hydrogens (tertiary/aromatic N) is 1. The van der Waals surface area contributed by atoms with Gasteiger partial charge in [0.25, 0.3) is 5.56 Å². The van der Waals surface area contributed by atoms with Crippen molar-refractivity contribution in [1.82, 2.24) is 9.97 Å². The summed E-state index contributed by atoms with van der Waals surface area (Å²) < 4.78 is 5.82. The van der Waals surface area contributed by atoms with Crippen molar-refractivity contribution in [3.8, 4) is 22.9 Å². The number of para-hydroxylation sites is 1. The number of hydrogen-bond donors (Lipinski definition) is 2. The zero-order valence-corrected chi connectivity index (χ0v) is 12.6. The van der Waals surface area contributed by atoms with Crippen LogP contribution in [0.3, 0.4) is 0 Å². The van der Waals surface area contributed by atoms with Crippen LogP contribution >= 0.6 is 15.9 Å². The van der Waals surface area contributed by atoms with Gasteiger partial charge in [0, 0.05) is 4.47 Å². The Kier molecular flexibility index (Phi) is 3.39. The number of rotatable bonds is 2. The zero-order chi connectivity index (χ0) is 15.0. The molecule has 21 heavy (non-hydrogen) atoms. The number of aromatic nitrogens is 2. The van der Waals surface area contributed by atoms with Crippen molar-refractivity contribution in [2.24, 2.45) is 0 Å². The Balaban J connectivity index is 2.31. The Morgan fingerprint density at radius 3 is 2.81 bits per heavy atom. The van der Waals surface area contributed by atoms with Gasteiger partial charge >= 0.3 is 0 Å². The lowest BCUT2D eigenvalue weighted by Gasteiger charge is -2.10. The number of halogens is 1. The molecule has 3 rings (SSSR count). The van der Waals surface area contributed by atoms with Gasteiger partial charge in [-0.25, -0.2) is 4.98 Å². The second kappa shape index (κ2) is 5.21. The maximum atomic E-state index is 12.1. The molecule has 1 aromatic heterocycles. The highest BCUT2D eigenvalue weighted by molar-refractivity contribution is 9.10. The second-order valence-electron chi connectivity index (χ2n) is 4.44. The average Bonchev–Trinajstić information content (AvgIpc) is 2.49. The SMILES string of the molecule is COc1cc(Br)cc(-c2nc3ccccc3c(=O)[nH]2)c1O. The Hall–Kier alpha value is -2.34. The molecule has 106 valence electrons. The normalized spacial score (nSPS) is 10.8. The number of phenols is 1. The standard InChI is InChI=1S/C15H11BrN2O3/c1-21-12-7-8(16)6-10(13(12)19)14-17-11-5-3-2-4-9(11)15(20)18-14/h2-7,19H,1H3,(H,17,18,20). The van der Waals surface area contributed by atoms with Gasteiger partial charge in [0.15, 0.2) is 11.5 Å². The summed E-state index contributed by atoms with van der Waals surface area (Å²) in [5, 5.41) is 10.7. The van der Waals surface area contributed by atoms with Gasteiger partial charge in [-0.3, -0.25) is 4.79 Å². The number of benzene rings is 2. The number of ether oxygens (including phenoxy) is 1. The van der Waals surface area contributed by atoms with Crippen molar-refractivity contribution in [1.29, 1.82) is 0 Å². The molecule has 0 saturated carbocycles. The van der Waals surface area contributed by atoms with Gasteiger partial charge in [0.2, 0.25) is 0 Å². The number of H-pyrrole nitrogens is 1. The minimum absolute atomic E-state index is 0.0702. The monoisotopic (exact) mass is 346 g/mol. The van der Waals surface area contributed by atoms with Gasteiger partial charge in [-0.1, -0.05) is 28.1 Å². The van der Waals surface area contributed by atoms with Gasteiger partial charge in [-0.15, -0.1) is 0 Å². The molecule has 3 aromatic rings. The third-order valence-corrected chi connectivity index (χ3v) is 3.59. The summed E-state index contributed by atoms with van der Waals surface area (Å²) in [5.41, 5.74) is 0.701. The number of hydrogen-bond acceptors (Lipinski definition) is 4. The molecular formula is C15H11BrN2O3. The van der Waals surface area contributed by atoms with Crippen LogP contribution in [0.2, 0.25) is 0 Å². The molecule has 0 aliphatic rings. The second-order valence-corrected chi connectivity index (χ2v) is 5.35. The molecule has 0 spiro atoms. The lowest BCUT2D eigenvalue weighted by atomic mass is 10.1. The summed E-state index contributed by atoms with van der Waals surface area (Å²) in [6, 6.07) is 10.3. The van der Waals surface area contributed by atoms with E-state index >= 15 is 0 Å². The number of aromatic amines is 1. The molecule has 1 heterocycles. The largest absolute Gasteiger partial charge is 0.504 e. The molecule has 0 fully saturated rings. The molecule has 0 radical (unpaired) electrons. The molecule has 2 N–H and O–H groups in total. The van der Waals surface area contributed by atoms with Crippen molar-refractivity contribution in [2.75, 3.05) is 7.11 Å². The van der Waals surface area contributed by atoms with E-state index in [2.05, 4.69) is 25.9 Å². The van der Waals surface area contributed by atoms with Gasteiger partial charge < -0.3 is 14.8 Å². The average molecular weight is 347 g/mol. The topological polar surface area (TPSA) is 75.2 Å². The van der Waals surface area contributed by atoms with E-state index in [1.807, 2.05) is 0 Å². The van der Waals surface area contributed by atoms with Crippen molar-refractivity contribution >= 4 is 26.8 Å². The molecular weight excluding hydrogens is 336 g/mol. The van der Waals surface area contributed by atoms with Crippen molar-refractivity contribution in [3.05, 3.63) is 51.2 Å². The van der Waals surface area contributed by atoms with Gasteiger partial charge in [-0.05, 0) is 24.3 Å². The van der Waals surface area contributed by atoms with Crippen molar-refractivity contribution in [2.45, 2.75) is 0 Å². The third-order valence-electron chi connectivity index (χ3n) is 3.13. The lowest BCUT2D eigenvalue weighted by Crippen LogP contribution is -2.09. The van der Waals surface area contributed by atoms with E-state index in [0.29, 0.717) is 26.7 Å². The van der Waals surface area contributed by atoms with Gasteiger partial charge in [-0.2, -0.15) is 0 Å². The van der Waals surface area contributed by atoms with Crippen LogP contribution in [-0.2, 0) is 0 Å². The summed E-state index contributed by atoms with van der Waals surface area (Å²) in [7, 11) is 1.46. The first kappa shape index (κ1) is 13.6. The Labute approximate surface area is 128 Å². The minimum atomic E-state index is -0.256. The van der Waals surface area contributed by atoms with E-state index in [0.717, 1.165) is 0 Å². The number of phenolic OH excluding ortho intramolecular Hbond substituents is 1. The van der Waals surface area contributed by atoms with Crippen LogP contribution in [0.5, 0.6) is 11.5 Å².